The molecule has 0 aromatic carbocycles. The number of hydrogen-bond acceptors (Lipinski definition) is 6. The summed E-state index contributed by atoms with van der Waals surface area (Å²) in [7, 11) is 1.62. The van der Waals surface area contributed by atoms with Gasteiger partial charge in [0.05, 0.1) is 5.41 Å². The van der Waals surface area contributed by atoms with Crippen molar-refractivity contribution in [2.45, 2.75) is 38.5 Å². The van der Waals surface area contributed by atoms with Gasteiger partial charge >= 0.3 is 5.97 Å². The van der Waals surface area contributed by atoms with E-state index in [4.69, 9.17) is 4.74 Å². The average Bonchev–Trinajstić information content (AvgIpc) is 2.56. The van der Waals surface area contributed by atoms with E-state index in [9.17, 15) is 9.90 Å². The topological polar surface area (TPSA) is 87.6 Å². The lowest BCUT2D eigenvalue weighted by Crippen LogP contribution is -2.62. The quantitative estimate of drug-likeness (QED) is 0.823. The SMILES string of the molecule is COCc1ncc(CN2CC[C@H]3NCCC[C@]3(C(=O)O)C2)cn1. The first-order valence-electron chi connectivity index (χ1n) is 8.12. The van der Waals surface area contributed by atoms with Crippen LogP contribution in [0, 0.1) is 5.41 Å². The molecule has 126 valence electrons. The molecule has 3 heterocycles. The Morgan fingerprint density at radius 3 is 3.00 bits per heavy atom. The minimum absolute atomic E-state index is 0.0883. The summed E-state index contributed by atoms with van der Waals surface area (Å²) < 4.78 is 5.01. The number of nitrogens with one attached hydrogen (secondary N) is 1. The van der Waals surface area contributed by atoms with E-state index in [1.165, 1.54) is 0 Å². The van der Waals surface area contributed by atoms with Crippen LogP contribution in [0.2, 0.25) is 0 Å². The average molecular weight is 320 g/mol. The molecule has 7 nitrogen and oxygen atoms in total. The lowest BCUT2D eigenvalue weighted by Gasteiger charge is -2.48. The van der Waals surface area contributed by atoms with Crippen LogP contribution in [-0.4, -0.2) is 58.7 Å². The molecule has 23 heavy (non-hydrogen) atoms. The fourth-order valence-electron chi connectivity index (χ4n) is 3.79. The van der Waals surface area contributed by atoms with E-state index in [0.29, 0.717) is 25.5 Å². The van der Waals surface area contributed by atoms with Gasteiger partial charge in [-0.2, -0.15) is 0 Å². The Balaban J connectivity index is 1.68. The van der Waals surface area contributed by atoms with Crippen molar-refractivity contribution in [3.05, 3.63) is 23.8 Å². The second kappa shape index (κ2) is 6.90. The number of carbonyl (C=O) groups is 1. The molecule has 7 heteroatoms. The maximum absolute atomic E-state index is 11.9. The van der Waals surface area contributed by atoms with Crippen LogP contribution in [0.1, 0.15) is 30.7 Å². The van der Waals surface area contributed by atoms with Crippen LogP contribution in [0.5, 0.6) is 0 Å². The van der Waals surface area contributed by atoms with Gasteiger partial charge in [0.2, 0.25) is 0 Å². The Morgan fingerprint density at radius 1 is 1.52 bits per heavy atom. The maximum atomic E-state index is 11.9. The fraction of sp³-hybridized carbons (Fsp3) is 0.688. The van der Waals surface area contributed by atoms with Crippen LogP contribution in [0.4, 0.5) is 0 Å². The minimum Gasteiger partial charge on any atom is -0.481 e. The van der Waals surface area contributed by atoms with E-state index in [1.807, 2.05) is 0 Å². The van der Waals surface area contributed by atoms with E-state index < -0.39 is 11.4 Å². The molecule has 3 rings (SSSR count). The number of carboxylic acids is 1. The van der Waals surface area contributed by atoms with Crippen LogP contribution in [0.15, 0.2) is 12.4 Å². The number of aliphatic carboxylic acids is 1. The third-order valence-electron chi connectivity index (χ3n) is 4.96. The molecule has 2 atom stereocenters. The number of aromatic nitrogens is 2. The summed E-state index contributed by atoms with van der Waals surface area (Å²) in [5, 5.41) is 13.2. The molecular formula is C16H24N4O3. The van der Waals surface area contributed by atoms with E-state index in [0.717, 1.165) is 37.9 Å². The summed E-state index contributed by atoms with van der Waals surface area (Å²) in [4.78, 5) is 22.7. The predicted octanol–water partition coefficient (Wildman–Crippen LogP) is 0.652. The summed E-state index contributed by atoms with van der Waals surface area (Å²) in [6, 6.07) is 0.0883. The van der Waals surface area contributed by atoms with Gasteiger partial charge in [-0.15, -0.1) is 0 Å². The highest BCUT2D eigenvalue weighted by molar-refractivity contribution is 5.76. The van der Waals surface area contributed by atoms with Gasteiger partial charge in [0.25, 0.3) is 0 Å². The summed E-state index contributed by atoms with van der Waals surface area (Å²) in [5.74, 6) is -0.0143. The summed E-state index contributed by atoms with van der Waals surface area (Å²) >= 11 is 0. The number of ether oxygens (including phenoxy) is 1. The Hall–Kier alpha value is -1.57. The van der Waals surface area contributed by atoms with Crippen LogP contribution >= 0.6 is 0 Å². The standard InChI is InChI=1S/C16H24N4O3/c1-23-10-14-18-7-12(8-19-14)9-20-6-3-13-16(11-20,15(21)22)4-2-5-17-13/h7-8,13,17H,2-6,9-11H2,1H3,(H,21,22)/t13-,16+/m1/s1. The lowest BCUT2D eigenvalue weighted by atomic mass is 9.70. The van der Waals surface area contributed by atoms with Crippen molar-refractivity contribution in [3.63, 3.8) is 0 Å². The number of nitrogens with zero attached hydrogens (tertiary/aromatic N) is 3. The first kappa shape index (κ1) is 16.3. The number of methoxy groups -OCH3 is 1. The van der Waals surface area contributed by atoms with Gasteiger partial charge in [0.1, 0.15) is 6.61 Å². The predicted molar refractivity (Wildman–Crippen MR) is 83.7 cm³/mol. The van der Waals surface area contributed by atoms with Crippen LogP contribution in [0.25, 0.3) is 0 Å². The Labute approximate surface area is 136 Å². The zero-order valence-corrected chi connectivity index (χ0v) is 13.5. The molecule has 0 radical (unpaired) electrons. The second-order valence-corrected chi connectivity index (χ2v) is 6.51. The molecule has 2 saturated heterocycles. The second-order valence-electron chi connectivity index (χ2n) is 6.51. The largest absolute Gasteiger partial charge is 0.481 e. The smallest absolute Gasteiger partial charge is 0.312 e. The van der Waals surface area contributed by atoms with E-state index >= 15 is 0 Å². The highest BCUT2D eigenvalue weighted by Crippen LogP contribution is 2.38. The van der Waals surface area contributed by atoms with E-state index in [-0.39, 0.29) is 6.04 Å². The first-order chi connectivity index (χ1) is 11.1. The summed E-state index contributed by atoms with van der Waals surface area (Å²) in [6.45, 7) is 3.50. The molecule has 0 spiro atoms. The highest BCUT2D eigenvalue weighted by atomic mass is 16.5. The van der Waals surface area contributed by atoms with Crippen LogP contribution < -0.4 is 5.32 Å². The van der Waals surface area contributed by atoms with Gasteiger partial charge in [0.15, 0.2) is 5.82 Å². The minimum atomic E-state index is -0.675. The Bertz CT molecular complexity index is 551. The van der Waals surface area contributed by atoms with E-state index in [2.05, 4.69) is 20.2 Å². The van der Waals surface area contributed by atoms with Gasteiger partial charge in [-0.05, 0) is 25.8 Å². The molecule has 2 fully saturated rings. The normalized spacial score (nSPS) is 28.3. The molecule has 0 bridgehead atoms. The maximum Gasteiger partial charge on any atom is 0.312 e. The van der Waals surface area contributed by atoms with Gasteiger partial charge in [-0.25, -0.2) is 9.97 Å². The third kappa shape index (κ3) is 3.36. The monoisotopic (exact) mass is 320 g/mol. The number of rotatable bonds is 5. The molecule has 2 aliphatic rings. The van der Waals surface area contributed by atoms with Gasteiger partial charge in [-0.1, -0.05) is 0 Å². The molecule has 1 aromatic heterocycles. The van der Waals surface area contributed by atoms with Crippen LogP contribution in [-0.2, 0) is 22.7 Å². The van der Waals surface area contributed by atoms with Gasteiger partial charge in [0, 0.05) is 50.7 Å². The van der Waals surface area contributed by atoms with Gasteiger partial charge < -0.3 is 15.2 Å². The van der Waals surface area contributed by atoms with Crippen molar-refractivity contribution in [1.29, 1.82) is 0 Å². The Morgan fingerprint density at radius 2 is 2.30 bits per heavy atom. The molecule has 2 N–H and O–H groups in total. The first-order valence-corrected chi connectivity index (χ1v) is 8.12. The number of carboxylic acid groups (broad SMARTS) is 1. The van der Waals surface area contributed by atoms with Crippen molar-refractivity contribution in [1.82, 2.24) is 20.2 Å². The van der Waals surface area contributed by atoms with Crippen LogP contribution in [0.3, 0.4) is 0 Å². The van der Waals surface area contributed by atoms with Crippen molar-refractivity contribution < 1.29 is 14.6 Å². The summed E-state index contributed by atoms with van der Waals surface area (Å²) in [6.07, 6.45) is 6.15. The molecule has 0 amide bonds. The number of fused-ring (bicyclic) bond motifs is 1. The fourth-order valence-corrected chi connectivity index (χ4v) is 3.79. The molecule has 1 aromatic rings. The lowest BCUT2D eigenvalue weighted by molar-refractivity contribution is -0.157. The number of likely N-dealkylation sites (tertiary alicyclic amines) is 1. The van der Waals surface area contributed by atoms with Crippen molar-refractivity contribution in [3.8, 4) is 0 Å². The zero-order chi connectivity index (χ0) is 16.3. The van der Waals surface area contributed by atoms with E-state index in [1.54, 1.807) is 19.5 Å². The molecule has 0 aliphatic carbocycles. The molecule has 0 unspecified atom stereocenters. The summed E-state index contributed by atoms with van der Waals surface area (Å²) in [5.41, 5.74) is 0.348. The zero-order valence-electron chi connectivity index (χ0n) is 13.5. The third-order valence-corrected chi connectivity index (χ3v) is 4.96. The highest BCUT2D eigenvalue weighted by Gasteiger charge is 2.50. The Kier molecular flexibility index (Phi) is 4.89. The van der Waals surface area contributed by atoms with Gasteiger partial charge in [-0.3, -0.25) is 9.69 Å². The number of piperidine rings is 2. The molecular weight excluding hydrogens is 296 g/mol. The van der Waals surface area contributed by atoms with Crippen molar-refractivity contribution >= 4 is 5.97 Å². The molecule has 2 aliphatic heterocycles. The van der Waals surface area contributed by atoms with Crippen molar-refractivity contribution in [2.24, 2.45) is 5.41 Å². The molecule has 0 saturated carbocycles. The number of hydrogen-bond donors (Lipinski definition) is 2. The van der Waals surface area contributed by atoms with Crippen molar-refractivity contribution in [2.75, 3.05) is 26.7 Å².